The van der Waals surface area contributed by atoms with Crippen LogP contribution in [-0.2, 0) is 5.41 Å². The minimum absolute atomic E-state index is 0.170. The zero-order chi connectivity index (χ0) is 14.9. The minimum Gasteiger partial charge on any atom is -0.259 e. The molecule has 0 aliphatic heterocycles. The summed E-state index contributed by atoms with van der Waals surface area (Å²) in [6, 6.07) is 17.0. The molecular formula is C18H19N3. The summed E-state index contributed by atoms with van der Waals surface area (Å²) in [6.07, 6.45) is 1.54. The molecule has 0 saturated carbocycles. The lowest BCUT2D eigenvalue weighted by Crippen LogP contribution is -2.10. The zero-order valence-electron chi connectivity index (χ0n) is 12.6. The fourth-order valence-corrected chi connectivity index (χ4v) is 2.43. The molecule has 21 heavy (non-hydrogen) atoms. The van der Waals surface area contributed by atoms with E-state index in [0.717, 1.165) is 17.0 Å². The first-order valence-corrected chi connectivity index (χ1v) is 7.11. The summed E-state index contributed by atoms with van der Waals surface area (Å²) in [7, 11) is 0. The van der Waals surface area contributed by atoms with Crippen molar-refractivity contribution in [1.82, 2.24) is 15.2 Å². The van der Waals surface area contributed by atoms with Crippen LogP contribution in [0, 0.1) is 0 Å². The van der Waals surface area contributed by atoms with Crippen molar-refractivity contribution in [3.8, 4) is 22.5 Å². The number of aromatic nitrogens is 3. The molecule has 1 heterocycles. The lowest BCUT2D eigenvalue weighted by molar-refractivity contribution is 0.590. The molecule has 1 aromatic heterocycles. The molecule has 3 aromatic rings. The highest BCUT2D eigenvalue weighted by Gasteiger charge is 2.14. The number of H-pyrrole nitrogens is 1. The lowest BCUT2D eigenvalue weighted by atomic mass is 9.86. The third kappa shape index (κ3) is 2.72. The van der Waals surface area contributed by atoms with Crippen molar-refractivity contribution in [1.29, 1.82) is 0 Å². The van der Waals surface area contributed by atoms with Crippen LogP contribution in [0.15, 0.2) is 54.9 Å². The maximum atomic E-state index is 4.26. The zero-order valence-corrected chi connectivity index (χ0v) is 12.6. The van der Waals surface area contributed by atoms with Gasteiger partial charge < -0.3 is 0 Å². The van der Waals surface area contributed by atoms with Gasteiger partial charge in [-0.3, -0.25) is 5.10 Å². The lowest BCUT2D eigenvalue weighted by Gasteiger charge is -2.19. The van der Waals surface area contributed by atoms with Crippen molar-refractivity contribution in [2.24, 2.45) is 0 Å². The highest BCUT2D eigenvalue weighted by atomic mass is 15.2. The molecule has 3 nitrogen and oxygen atoms in total. The monoisotopic (exact) mass is 277 g/mol. The van der Waals surface area contributed by atoms with Crippen molar-refractivity contribution < 1.29 is 0 Å². The van der Waals surface area contributed by atoms with Crippen LogP contribution < -0.4 is 0 Å². The Labute approximate surface area is 125 Å². The second-order valence-corrected chi connectivity index (χ2v) is 6.21. The molecule has 0 aliphatic rings. The Kier molecular flexibility index (Phi) is 3.34. The van der Waals surface area contributed by atoms with E-state index in [9.17, 15) is 0 Å². The Balaban J connectivity index is 2.06. The van der Waals surface area contributed by atoms with Crippen LogP contribution in [0.3, 0.4) is 0 Å². The highest BCUT2D eigenvalue weighted by molar-refractivity contribution is 5.80. The van der Waals surface area contributed by atoms with Gasteiger partial charge >= 0.3 is 0 Å². The van der Waals surface area contributed by atoms with E-state index in [4.69, 9.17) is 0 Å². The van der Waals surface area contributed by atoms with Crippen LogP contribution in [0.25, 0.3) is 22.5 Å². The quantitative estimate of drug-likeness (QED) is 0.752. The molecule has 0 saturated heterocycles. The number of nitrogens with one attached hydrogen (secondary N) is 1. The molecule has 0 aliphatic carbocycles. The topological polar surface area (TPSA) is 41.6 Å². The normalized spacial score (nSPS) is 11.6. The first-order chi connectivity index (χ1) is 10.1. The predicted molar refractivity (Wildman–Crippen MR) is 86.0 cm³/mol. The number of hydrogen-bond acceptors (Lipinski definition) is 2. The fraction of sp³-hybridized carbons (Fsp3) is 0.222. The van der Waals surface area contributed by atoms with Crippen LogP contribution in [0.2, 0.25) is 0 Å². The van der Waals surface area contributed by atoms with Gasteiger partial charge in [0.05, 0.1) is 0 Å². The molecule has 106 valence electrons. The van der Waals surface area contributed by atoms with Gasteiger partial charge in [-0.25, -0.2) is 4.98 Å². The number of hydrogen-bond donors (Lipinski definition) is 1. The third-order valence-corrected chi connectivity index (χ3v) is 3.66. The van der Waals surface area contributed by atoms with Crippen molar-refractivity contribution in [3.05, 3.63) is 60.4 Å². The molecule has 0 fully saturated rings. The van der Waals surface area contributed by atoms with Gasteiger partial charge in [0.15, 0.2) is 5.82 Å². The molecular weight excluding hydrogens is 258 g/mol. The largest absolute Gasteiger partial charge is 0.259 e. The van der Waals surface area contributed by atoms with E-state index in [1.54, 1.807) is 0 Å². The maximum Gasteiger partial charge on any atom is 0.156 e. The number of nitrogens with zero attached hydrogens (tertiary/aromatic N) is 2. The Morgan fingerprint density at radius 1 is 0.857 bits per heavy atom. The van der Waals surface area contributed by atoms with Crippen LogP contribution in [-0.4, -0.2) is 15.2 Å². The van der Waals surface area contributed by atoms with Gasteiger partial charge in [-0.2, -0.15) is 5.10 Å². The van der Waals surface area contributed by atoms with Gasteiger partial charge in [-0.1, -0.05) is 69.3 Å². The molecule has 2 aromatic carbocycles. The van der Waals surface area contributed by atoms with Gasteiger partial charge in [0.2, 0.25) is 0 Å². The van der Waals surface area contributed by atoms with Crippen molar-refractivity contribution >= 4 is 0 Å². The van der Waals surface area contributed by atoms with E-state index in [0.29, 0.717) is 0 Å². The summed E-state index contributed by atoms with van der Waals surface area (Å²) in [5.41, 5.74) is 4.93. The molecule has 0 radical (unpaired) electrons. The first kappa shape index (κ1) is 13.6. The molecule has 0 amide bonds. The second-order valence-electron chi connectivity index (χ2n) is 6.21. The third-order valence-electron chi connectivity index (χ3n) is 3.66. The predicted octanol–water partition coefficient (Wildman–Crippen LogP) is 4.44. The molecule has 0 unspecified atom stereocenters. The van der Waals surface area contributed by atoms with E-state index in [2.05, 4.69) is 72.4 Å². The van der Waals surface area contributed by atoms with Crippen LogP contribution in [0.5, 0.6) is 0 Å². The summed E-state index contributed by atoms with van der Waals surface area (Å²) < 4.78 is 0. The summed E-state index contributed by atoms with van der Waals surface area (Å²) in [5.74, 6) is 0.797. The molecule has 0 spiro atoms. The van der Waals surface area contributed by atoms with E-state index in [1.807, 2.05) is 12.1 Å². The summed E-state index contributed by atoms with van der Waals surface area (Å²) in [5, 5.41) is 6.88. The summed E-state index contributed by atoms with van der Waals surface area (Å²) in [6.45, 7) is 6.68. The molecule has 3 heteroatoms. The highest BCUT2D eigenvalue weighted by Crippen LogP contribution is 2.31. The summed E-state index contributed by atoms with van der Waals surface area (Å²) in [4.78, 5) is 4.26. The number of rotatable bonds is 2. The Bertz CT molecular complexity index is 720. The number of benzene rings is 2. The van der Waals surface area contributed by atoms with Gasteiger partial charge in [-0.15, -0.1) is 0 Å². The second kappa shape index (κ2) is 5.17. The van der Waals surface area contributed by atoms with E-state index in [1.165, 1.54) is 17.5 Å². The maximum absolute atomic E-state index is 4.26. The van der Waals surface area contributed by atoms with Crippen molar-refractivity contribution in [3.63, 3.8) is 0 Å². The average Bonchev–Trinajstić information content (AvgIpc) is 3.01. The standard InChI is InChI=1S/C18H19N3/c1-18(2,3)14-10-8-13(9-11-14)15-6-4-5-7-16(15)17-19-12-20-21-17/h4-12H,1-3H3,(H,19,20,21). The number of aromatic amines is 1. The molecule has 0 bridgehead atoms. The van der Waals surface area contributed by atoms with Gasteiger partial charge in [-0.05, 0) is 22.1 Å². The van der Waals surface area contributed by atoms with Gasteiger partial charge in [0, 0.05) is 5.56 Å². The van der Waals surface area contributed by atoms with Gasteiger partial charge in [0.1, 0.15) is 6.33 Å². The SMILES string of the molecule is CC(C)(C)c1ccc(-c2ccccc2-c2ncn[nH]2)cc1. The Morgan fingerprint density at radius 3 is 2.10 bits per heavy atom. The van der Waals surface area contributed by atoms with E-state index < -0.39 is 0 Å². The van der Waals surface area contributed by atoms with Crippen LogP contribution in [0.1, 0.15) is 26.3 Å². The summed E-state index contributed by atoms with van der Waals surface area (Å²) >= 11 is 0. The van der Waals surface area contributed by atoms with Crippen molar-refractivity contribution in [2.45, 2.75) is 26.2 Å². The average molecular weight is 277 g/mol. The van der Waals surface area contributed by atoms with Gasteiger partial charge in [0.25, 0.3) is 0 Å². The van der Waals surface area contributed by atoms with E-state index >= 15 is 0 Å². The van der Waals surface area contributed by atoms with Crippen molar-refractivity contribution in [2.75, 3.05) is 0 Å². The van der Waals surface area contributed by atoms with E-state index in [-0.39, 0.29) is 5.41 Å². The smallest absolute Gasteiger partial charge is 0.156 e. The first-order valence-electron chi connectivity index (χ1n) is 7.11. The minimum atomic E-state index is 0.170. The molecule has 1 N–H and O–H groups in total. The molecule has 3 rings (SSSR count). The Hall–Kier alpha value is -2.42. The molecule has 0 atom stereocenters. The Morgan fingerprint density at radius 2 is 1.52 bits per heavy atom. The fourth-order valence-electron chi connectivity index (χ4n) is 2.43. The van der Waals surface area contributed by atoms with Crippen LogP contribution >= 0.6 is 0 Å². The van der Waals surface area contributed by atoms with Crippen LogP contribution in [0.4, 0.5) is 0 Å².